The van der Waals surface area contributed by atoms with E-state index < -0.39 is 17.9 Å². The van der Waals surface area contributed by atoms with Crippen LogP contribution in [0.25, 0.3) is 0 Å². The molecule has 7 N–H and O–H groups in total. The fourth-order valence-electron chi connectivity index (χ4n) is 1.95. The molecule has 0 radical (unpaired) electrons. The lowest BCUT2D eigenvalue weighted by atomic mass is 10.1. The molecule has 0 saturated heterocycles. The number of nitrogens with one attached hydrogen (secondary N) is 3. The van der Waals surface area contributed by atoms with Gasteiger partial charge in [0, 0.05) is 16.9 Å². The molecule has 2 aromatic carbocycles. The van der Waals surface area contributed by atoms with Crippen molar-refractivity contribution in [1.82, 2.24) is 11.0 Å². The van der Waals surface area contributed by atoms with Gasteiger partial charge in [0.15, 0.2) is 0 Å². The summed E-state index contributed by atoms with van der Waals surface area (Å²) < 4.78 is 37.6. The van der Waals surface area contributed by atoms with Crippen molar-refractivity contribution in [2.24, 2.45) is 11.6 Å². The molecule has 0 heterocycles. The molecule has 0 amide bonds. The van der Waals surface area contributed by atoms with Crippen LogP contribution in [0, 0.1) is 0 Å². The quantitative estimate of drug-likeness (QED) is 0.332. The SMILES string of the molecule is NNNC(N)c1ccccc1Nc1ccc(C(F)(F)F)cc1. The second-order valence-electron chi connectivity index (χ2n) is 4.55. The minimum absolute atomic E-state index is 0.522. The largest absolute Gasteiger partial charge is 0.416 e. The van der Waals surface area contributed by atoms with E-state index in [1.165, 1.54) is 12.1 Å². The smallest absolute Gasteiger partial charge is 0.355 e. The van der Waals surface area contributed by atoms with E-state index in [0.29, 0.717) is 16.9 Å². The number of alkyl halides is 3. The molecule has 0 fully saturated rings. The second-order valence-corrected chi connectivity index (χ2v) is 4.55. The van der Waals surface area contributed by atoms with Gasteiger partial charge in [-0.15, -0.1) is 0 Å². The lowest BCUT2D eigenvalue weighted by Gasteiger charge is -2.18. The normalized spacial score (nSPS) is 13.0. The molecule has 0 aliphatic rings. The Morgan fingerprint density at radius 3 is 2.18 bits per heavy atom. The maximum Gasteiger partial charge on any atom is 0.416 e. The Labute approximate surface area is 125 Å². The number of hydrogen-bond acceptors (Lipinski definition) is 5. The van der Waals surface area contributed by atoms with Crippen molar-refractivity contribution in [2.45, 2.75) is 12.3 Å². The lowest BCUT2D eigenvalue weighted by Crippen LogP contribution is -2.44. The zero-order valence-corrected chi connectivity index (χ0v) is 11.5. The van der Waals surface area contributed by atoms with E-state index in [-0.39, 0.29) is 0 Å². The Kier molecular flexibility index (Phi) is 4.99. The van der Waals surface area contributed by atoms with E-state index in [2.05, 4.69) is 16.3 Å². The summed E-state index contributed by atoms with van der Waals surface area (Å²) in [7, 11) is 0. The fraction of sp³-hybridized carbons (Fsp3) is 0.143. The molecule has 0 aromatic heterocycles. The molecule has 1 atom stereocenters. The van der Waals surface area contributed by atoms with Gasteiger partial charge in [0.05, 0.1) is 11.7 Å². The first-order valence-electron chi connectivity index (χ1n) is 6.42. The average molecular weight is 311 g/mol. The van der Waals surface area contributed by atoms with Crippen LogP contribution in [0.1, 0.15) is 17.3 Å². The zero-order valence-electron chi connectivity index (χ0n) is 11.5. The highest BCUT2D eigenvalue weighted by Crippen LogP contribution is 2.31. The first kappa shape index (κ1) is 16.2. The van der Waals surface area contributed by atoms with E-state index in [1.54, 1.807) is 24.3 Å². The van der Waals surface area contributed by atoms with E-state index in [0.717, 1.165) is 12.1 Å². The van der Waals surface area contributed by atoms with E-state index in [4.69, 9.17) is 11.6 Å². The van der Waals surface area contributed by atoms with Crippen molar-refractivity contribution in [1.29, 1.82) is 0 Å². The molecule has 0 aliphatic heterocycles. The summed E-state index contributed by atoms with van der Waals surface area (Å²) in [4.78, 5) is 0. The molecular weight excluding hydrogens is 295 g/mol. The molecular formula is C14H16F3N5. The molecule has 0 saturated carbocycles. The van der Waals surface area contributed by atoms with Crippen LogP contribution in [-0.2, 0) is 6.18 Å². The molecule has 0 bridgehead atoms. The van der Waals surface area contributed by atoms with Crippen LogP contribution >= 0.6 is 0 Å². The van der Waals surface area contributed by atoms with Crippen molar-refractivity contribution in [3.05, 3.63) is 59.7 Å². The summed E-state index contributed by atoms with van der Waals surface area (Å²) in [6.45, 7) is 0. The molecule has 118 valence electrons. The van der Waals surface area contributed by atoms with Crippen LogP contribution in [-0.4, -0.2) is 0 Å². The number of hydrazine groups is 2. The van der Waals surface area contributed by atoms with E-state index in [1.807, 2.05) is 0 Å². The second kappa shape index (κ2) is 6.75. The molecule has 5 nitrogen and oxygen atoms in total. The van der Waals surface area contributed by atoms with E-state index >= 15 is 0 Å². The van der Waals surface area contributed by atoms with Crippen molar-refractivity contribution in [3.63, 3.8) is 0 Å². The van der Waals surface area contributed by atoms with Gasteiger partial charge < -0.3 is 11.1 Å². The van der Waals surface area contributed by atoms with Crippen molar-refractivity contribution >= 4 is 11.4 Å². The van der Waals surface area contributed by atoms with Crippen LogP contribution in [0.3, 0.4) is 0 Å². The van der Waals surface area contributed by atoms with Gasteiger partial charge in [-0.1, -0.05) is 18.2 Å². The van der Waals surface area contributed by atoms with Crippen LogP contribution in [0.2, 0.25) is 0 Å². The third kappa shape index (κ3) is 3.95. The minimum atomic E-state index is -4.35. The van der Waals surface area contributed by atoms with Gasteiger partial charge in [-0.05, 0) is 30.3 Å². The van der Waals surface area contributed by atoms with Gasteiger partial charge in [-0.3, -0.25) is 5.84 Å². The molecule has 0 aliphatic carbocycles. The van der Waals surface area contributed by atoms with Gasteiger partial charge in [0.25, 0.3) is 0 Å². The first-order chi connectivity index (χ1) is 10.4. The molecule has 8 heteroatoms. The Hall–Kier alpha value is -2.13. The highest BCUT2D eigenvalue weighted by molar-refractivity contribution is 5.64. The van der Waals surface area contributed by atoms with Crippen LogP contribution in [0.4, 0.5) is 24.5 Å². The summed E-state index contributed by atoms with van der Waals surface area (Å²) in [5.74, 6) is 5.16. The number of anilines is 2. The third-order valence-corrected chi connectivity index (χ3v) is 3.03. The van der Waals surface area contributed by atoms with Crippen LogP contribution < -0.4 is 27.9 Å². The van der Waals surface area contributed by atoms with Gasteiger partial charge in [-0.25, -0.2) is 5.43 Å². The van der Waals surface area contributed by atoms with Gasteiger partial charge >= 0.3 is 6.18 Å². The number of rotatable bonds is 5. The monoisotopic (exact) mass is 311 g/mol. The topological polar surface area (TPSA) is 88.1 Å². The van der Waals surface area contributed by atoms with Crippen molar-refractivity contribution < 1.29 is 13.2 Å². The Bertz CT molecular complexity index is 613. The first-order valence-corrected chi connectivity index (χ1v) is 6.42. The number of para-hydroxylation sites is 1. The highest BCUT2D eigenvalue weighted by atomic mass is 19.4. The minimum Gasteiger partial charge on any atom is -0.355 e. The average Bonchev–Trinajstić information content (AvgIpc) is 2.47. The molecule has 2 aromatic rings. The number of hydrogen-bond donors (Lipinski definition) is 5. The Morgan fingerprint density at radius 1 is 0.955 bits per heavy atom. The molecule has 0 spiro atoms. The summed E-state index contributed by atoms with van der Waals surface area (Å²) in [5.41, 5.74) is 12.0. The van der Waals surface area contributed by atoms with Gasteiger partial charge in [0.1, 0.15) is 0 Å². The third-order valence-electron chi connectivity index (χ3n) is 3.03. The summed E-state index contributed by atoms with van der Waals surface area (Å²) >= 11 is 0. The number of benzene rings is 2. The lowest BCUT2D eigenvalue weighted by molar-refractivity contribution is -0.137. The maximum atomic E-state index is 12.5. The predicted octanol–water partition coefficient (Wildman–Crippen LogP) is 2.37. The number of nitrogens with two attached hydrogens (primary N) is 2. The Balaban J connectivity index is 2.20. The summed E-state index contributed by atoms with van der Waals surface area (Å²) in [6, 6.07) is 11.9. The maximum absolute atomic E-state index is 12.5. The van der Waals surface area contributed by atoms with Crippen molar-refractivity contribution in [3.8, 4) is 0 Å². The molecule has 1 unspecified atom stereocenters. The zero-order chi connectivity index (χ0) is 16.2. The fourth-order valence-corrected chi connectivity index (χ4v) is 1.95. The number of halogens is 3. The van der Waals surface area contributed by atoms with Gasteiger partial charge in [-0.2, -0.15) is 18.7 Å². The van der Waals surface area contributed by atoms with Crippen LogP contribution in [0.5, 0.6) is 0 Å². The van der Waals surface area contributed by atoms with Gasteiger partial charge in [0.2, 0.25) is 0 Å². The predicted molar refractivity (Wildman–Crippen MR) is 78.6 cm³/mol. The molecule has 22 heavy (non-hydrogen) atoms. The highest BCUT2D eigenvalue weighted by Gasteiger charge is 2.29. The standard InChI is InChI=1S/C14H16F3N5/c15-14(16,17)9-5-7-10(8-6-9)20-12-4-2-1-3-11(12)13(18)21-22-19/h1-8,13,20-22H,18-19H2. The van der Waals surface area contributed by atoms with Crippen molar-refractivity contribution in [2.75, 3.05) is 5.32 Å². The molecule has 2 rings (SSSR count). The summed E-state index contributed by atoms with van der Waals surface area (Å²) in [6.07, 6.45) is -4.93. The van der Waals surface area contributed by atoms with E-state index in [9.17, 15) is 13.2 Å². The van der Waals surface area contributed by atoms with Crippen LogP contribution in [0.15, 0.2) is 48.5 Å². The Morgan fingerprint density at radius 2 is 1.59 bits per heavy atom. The summed E-state index contributed by atoms with van der Waals surface area (Å²) in [5, 5.41) is 3.03.